The first kappa shape index (κ1) is 20.6. The van der Waals surface area contributed by atoms with Gasteiger partial charge in [0.05, 0.1) is 18.8 Å². The summed E-state index contributed by atoms with van der Waals surface area (Å²) in [6.45, 7) is 1.47. The fraction of sp³-hybridized carbons (Fsp3) is 0.579. The highest BCUT2D eigenvalue weighted by Crippen LogP contribution is 2.26. The van der Waals surface area contributed by atoms with Crippen molar-refractivity contribution in [2.45, 2.75) is 25.7 Å². The van der Waals surface area contributed by atoms with Crippen molar-refractivity contribution in [3.8, 4) is 5.75 Å². The van der Waals surface area contributed by atoms with Gasteiger partial charge in [0.2, 0.25) is 21.8 Å². The molecule has 2 aliphatic heterocycles. The maximum absolute atomic E-state index is 12.4. The van der Waals surface area contributed by atoms with Gasteiger partial charge in [-0.05, 0) is 37.1 Å². The minimum atomic E-state index is -3.34. The average molecular weight is 410 g/mol. The molecule has 0 radical (unpaired) electrons. The number of methoxy groups -OCH3 is 1. The van der Waals surface area contributed by atoms with E-state index in [1.807, 2.05) is 0 Å². The number of ether oxygens (including phenoxy) is 1. The second-order valence-electron chi connectivity index (χ2n) is 7.17. The van der Waals surface area contributed by atoms with E-state index >= 15 is 0 Å². The zero-order valence-electron chi connectivity index (χ0n) is 16.1. The van der Waals surface area contributed by atoms with Crippen LogP contribution in [0.3, 0.4) is 0 Å². The molecule has 1 N–H and O–H groups in total. The van der Waals surface area contributed by atoms with Crippen LogP contribution in [0.1, 0.15) is 25.7 Å². The number of nitrogens with zero attached hydrogens (tertiary/aromatic N) is 2. The smallest absolute Gasteiger partial charge is 0.227 e. The van der Waals surface area contributed by atoms with Crippen LogP contribution in [-0.4, -0.2) is 63.6 Å². The van der Waals surface area contributed by atoms with Crippen LogP contribution >= 0.6 is 0 Å². The summed E-state index contributed by atoms with van der Waals surface area (Å²) in [5.74, 6) is -0.293. The second-order valence-corrected chi connectivity index (χ2v) is 9.26. The number of piperidine rings is 1. The molecule has 0 aliphatic carbocycles. The van der Waals surface area contributed by atoms with E-state index in [0.29, 0.717) is 24.5 Å². The van der Waals surface area contributed by atoms with E-state index < -0.39 is 15.9 Å². The molecule has 28 heavy (non-hydrogen) atoms. The van der Waals surface area contributed by atoms with Crippen LogP contribution < -0.4 is 15.0 Å². The van der Waals surface area contributed by atoms with Crippen LogP contribution in [0.4, 0.5) is 5.69 Å². The van der Waals surface area contributed by atoms with Crippen LogP contribution in [0, 0.1) is 5.92 Å². The molecule has 2 aliphatic rings. The molecule has 0 unspecified atom stereocenters. The summed E-state index contributed by atoms with van der Waals surface area (Å²) in [6, 6.07) is 7.09. The summed E-state index contributed by atoms with van der Waals surface area (Å²) in [5.41, 5.74) is 0.716. The summed E-state index contributed by atoms with van der Waals surface area (Å²) in [5, 5.41) is 2.69. The van der Waals surface area contributed by atoms with Crippen molar-refractivity contribution in [3.63, 3.8) is 0 Å². The van der Waals surface area contributed by atoms with E-state index in [1.165, 1.54) is 4.31 Å². The van der Waals surface area contributed by atoms with Crippen LogP contribution in [-0.2, 0) is 19.6 Å². The van der Waals surface area contributed by atoms with Crippen molar-refractivity contribution in [2.24, 2.45) is 5.92 Å². The average Bonchev–Trinajstić information content (AvgIpc) is 3.10. The minimum absolute atomic E-state index is 0.0604. The number of sulfonamides is 1. The molecular formula is C19H27N3O5S. The summed E-state index contributed by atoms with van der Waals surface area (Å²) in [4.78, 5) is 26.3. The van der Waals surface area contributed by atoms with Crippen LogP contribution in [0.15, 0.2) is 24.3 Å². The van der Waals surface area contributed by atoms with Crippen molar-refractivity contribution in [1.29, 1.82) is 0 Å². The first-order valence-electron chi connectivity index (χ1n) is 9.60. The molecule has 0 saturated carbocycles. The number of hydrogen-bond donors (Lipinski definition) is 1. The first-order valence-corrected chi connectivity index (χ1v) is 11.2. The molecular weight excluding hydrogens is 382 g/mol. The molecule has 0 aromatic heterocycles. The molecule has 1 aromatic rings. The molecule has 154 valence electrons. The Labute approximate surface area is 165 Å². The summed E-state index contributed by atoms with van der Waals surface area (Å²) in [6.07, 6.45) is 2.95. The van der Waals surface area contributed by atoms with Gasteiger partial charge in [-0.2, -0.15) is 0 Å². The first-order chi connectivity index (χ1) is 13.4. The van der Waals surface area contributed by atoms with Gasteiger partial charge < -0.3 is 15.0 Å². The third kappa shape index (κ3) is 4.82. The lowest BCUT2D eigenvalue weighted by atomic mass is 10.1. The molecule has 8 nitrogen and oxygen atoms in total. The van der Waals surface area contributed by atoms with Crippen molar-refractivity contribution < 1.29 is 22.7 Å². The Kier molecular flexibility index (Phi) is 6.56. The number of hydrogen-bond acceptors (Lipinski definition) is 5. The van der Waals surface area contributed by atoms with E-state index in [2.05, 4.69) is 5.32 Å². The fourth-order valence-electron chi connectivity index (χ4n) is 3.61. The van der Waals surface area contributed by atoms with Crippen molar-refractivity contribution in [1.82, 2.24) is 9.62 Å². The number of nitrogens with one attached hydrogen (secondary N) is 1. The van der Waals surface area contributed by atoms with E-state index in [4.69, 9.17) is 4.74 Å². The lowest BCUT2D eigenvalue weighted by Crippen LogP contribution is -2.41. The van der Waals surface area contributed by atoms with Gasteiger partial charge in [0.25, 0.3) is 0 Å². The Balaban J connectivity index is 1.50. The Morgan fingerprint density at radius 1 is 1.18 bits per heavy atom. The summed E-state index contributed by atoms with van der Waals surface area (Å²) < 4.78 is 31.3. The predicted molar refractivity (Wildman–Crippen MR) is 106 cm³/mol. The van der Waals surface area contributed by atoms with E-state index in [-0.39, 0.29) is 37.1 Å². The quantitative estimate of drug-likeness (QED) is 0.724. The SMILES string of the molecule is COc1ccc(N2C[C@@H](C(=O)NCCS(=O)(=O)N3CCCCC3)CC2=O)cc1. The molecule has 0 spiro atoms. The highest BCUT2D eigenvalue weighted by Gasteiger charge is 2.35. The number of anilines is 1. The molecule has 2 saturated heterocycles. The molecule has 2 heterocycles. The molecule has 3 rings (SSSR count). The van der Waals surface area contributed by atoms with Crippen molar-refractivity contribution in [3.05, 3.63) is 24.3 Å². The van der Waals surface area contributed by atoms with Crippen LogP contribution in [0.2, 0.25) is 0 Å². The predicted octanol–water partition coefficient (Wildman–Crippen LogP) is 0.980. The molecule has 2 fully saturated rings. The van der Waals surface area contributed by atoms with Gasteiger partial charge in [-0.25, -0.2) is 12.7 Å². The zero-order chi connectivity index (χ0) is 20.1. The molecule has 1 atom stereocenters. The van der Waals surface area contributed by atoms with Gasteiger partial charge in [-0.15, -0.1) is 0 Å². The molecule has 0 bridgehead atoms. The fourth-order valence-corrected chi connectivity index (χ4v) is 5.05. The summed E-state index contributed by atoms with van der Waals surface area (Å²) in [7, 11) is -1.77. The molecule has 9 heteroatoms. The number of benzene rings is 1. The van der Waals surface area contributed by atoms with Crippen LogP contribution in [0.25, 0.3) is 0 Å². The monoisotopic (exact) mass is 409 g/mol. The Hall–Kier alpha value is -2.13. The van der Waals surface area contributed by atoms with Gasteiger partial charge in [0.1, 0.15) is 5.75 Å². The maximum Gasteiger partial charge on any atom is 0.227 e. The Bertz CT molecular complexity index is 803. The minimum Gasteiger partial charge on any atom is -0.497 e. The van der Waals surface area contributed by atoms with Crippen molar-refractivity contribution in [2.75, 3.05) is 43.9 Å². The summed E-state index contributed by atoms with van der Waals surface area (Å²) >= 11 is 0. The van der Waals surface area contributed by atoms with Crippen molar-refractivity contribution >= 4 is 27.5 Å². The number of carbonyl (C=O) groups is 2. The third-order valence-electron chi connectivity index (χ3n) is 5.25. The number of amides is 2. The van der Waals surface area contributed by atoms with E-state index in [9.17, 15) is 18.0 Å². The van der Waals surface area contributed by atoms with Crippen LogP contribution in [0.5, 0.6) is 5.75 Å². The molecule has 1 aromatic carbocycles. The number of rotatable bonds is 7. The van der Waals surface area contributed by atoms with E-state index in [1.54, 1.807) is 36.3 Å². The Morgan fingerprint density at radius 2 is 1.86 bits per heavy atom. The maximum atomic E-state index is 12.4. The number of carbonyl (C=O) groups excluding carboxylic acids is 2. The standard InChI is InChI=1S/C19H27N3O5S/c1-27-17-7-5-16(6-8-17)22-14-15(13-18(22)23)19(24)20-9-12-28(25,26)21-10-3-2-4-11-21/h5-8,15H,2-4,9-14H2,1H3,(H,20,24)/t15-/m0/s1. The largest absolute Gasteiger partial charge is 0.497 e. The van der Waals surface area contributed by atoms with E-state index in [0.717, 1.165) is 19.3 Å². The van der Waals surface area contributed by atoms with Gasteiger partial charge in [0, 0.05) is 38.3 Å². The topological polar surface area (TPSA) is 96.0 Å². The Morgan fingerprint density at radius 3 is 2.50 bits per heavy atom. The van der Waals surface area contributed by atoms with Gasteiger partial charge in [-0.3, -0.25) is 9.59 Å². The second kappa shape index (κ2) is 8.91. The highest BCUT2D eigenvalue weighted by atomic mass is 32.2. The van der Waals surface area contributed by atoms with Gasteiger partial charge in [0.15, 0.2) is 0 Å². The van der Waals surface area contributed by atoms with Gasteiger partial charge >= 0.3 is 0 Å². The molecule has 2 amide bonds. The third-order valence-corrected chi connectivity index (χ3v) is 7.12. The lowest BCUT2D eigenvalue weighted by Gasteiger charge is -2.25. The van der Waals surface area contributed by atoms with Gasteiger partial charge in [-0.1, -0.05) is 6.42 Å². The zero-order valence-corrected chi connectivity index (χ0v) is 16.9. The highest BCUT2D eigenvalue weighted by molar-refractivity contribution is 7.89. The normalized spacial score (nSPS) is 21.0. The lowest BCUT2D eigenvalue weighted by molar-refractivity contribution is -0.126.